The second-order valence-corrected chi connectivity index (χ2v) is 14.6. The third kappa shape index (κ3) is 7.78. The van der Waals surface area contributed by atoms with E-state index >= 15 is 0 Å². The molecule has 0 bridgehead atoms. The molecule has 0 spiro atoms. The highest BCUT2D eigenvalue weighted by molar-refractivity contribution is 8.23. The minimum atomic E-state index is -4.12. The van der Waals surface area contributed by atoms with Crippen LogP contribution in [0.4, 0.5) is 16.2 Å². The van der Waals surface area contributed by atoms with Gasteiger partial charge in [-0.3, -0.25) is 23.2 Å². The Hall–Kier alpha value is -3.90. The fourth-order valence-electron chi connectivity index (χ4n) is 4.28. The van der Waals surface area contributed by atoms with E-state index in [0.29, 0.717) is 13.0 Å². The van der Waals surface area contributed by atoms with Gasteiger partial charge in [-0.2, -0.15) is 13.1 Å². The molecule has 4 rings (SSSR count). The number of ether oxygens (including phenoxy) is 1. The number of aromatic hydroxyl groups is 1. The maximum Gasteiger partial charge on any atom is 0.407 e. The lowest BCUT2D eigenvalue weighted by Gasteiger charge is -2.34. The number of aromatic nitrogens is 2. The normalized spacial score (nSPS) is 15.2. The van der Waals surface area contributed by atoms with E-state index in [1.165, 1.54) is 29.0 Å². The largest absolute Gasteiger partial charge is 0.506 e. The summed E-state index contributed by atoms with van der Waals surface area (Å²) in [5, 5.41) is 16.7. The molecule has 3 heterocycles. The predicted molar refractivity (Wildman–Crippen MR) is 170 cm³/mol. The summed E-state index contributed by atoms with van der Waals surface area (Å²) in [5.74, 6) is -0.394. The number of amidine groups is 1. The van der Waals surface area contributed by atoms with Crippen molar-refractivity contribution >= 4 is 55.3 Å². The number of nitrogens with zero attached hydrogens (tertiary/aromatic N) is 3. The van der Waals surface area contributed by atoms with Crippen LogP contribution in [0.15, 0.2) is 50.6 Å². The standard InChI is InChI=1S/C27H37N7O8S2/c1-16(2)10-14-34-24-18(7-6-11-28-24)22(35)21(25(34)36)23-31-19-9-8-17(15-20(19)43(38,39)33-23)32-44(40,41)30-13-12-29-26(37)42-27(3,4)5/h6-9,11,15-16,30,32,35,38-39H,10,12-14H2,1-5H3,(H,29,37)(H,31,33). The van der Waals surface area contributed by atoms with E-state index in [0.717, 1.165) is 0 Å². The van der Waals surface area contributed by atoms with Gasteiger partial charge in [-0.1, -0.05) is 24.6 Å². The van der Waals surface area contributed by atoms with Crippen molar-refractivity contribution in [2.75, 3.05) is 23.1 Å². The molecule has 2 aromatic heterocycles. The average Bonchev–Trinajstić information content (AvgIpc) is 2.90. The van der Waals surface area contributed by atoms with Crippen molar-refractivity contribution in [3.05, 3.63) is 52.4 Å². The molecule has 0 radical (unpaired) electrons. The Kier molecular flexibility index (Phi) is 9.46. The molecule has 1 amide bonds. The molecule has 0 aliphatic carbocycles. The summed E-state index contributed by atoms with van der Waals surface area (Å²) in [6.45, 7) is 9.23. The van der Waals surface area contributed by atoms with E-state index in [2.05, 4.69) is 29.5 Å². The van der Waals surface area contributed by atoms with Gasteiger partial charge >= 0.3 is 6.09 Å². The fourth-order valence-corrected chi connectivity index (χ4v) is 6.35. The maximum atomic E-state index is 13.6. The minimum absolute atomic E-state index is 0.00700. The zero-order valence-corrected chi connectivity index (χ0v) is 26.5. The van der Waals surface area contributed by atoms with Crippen LogP contribution < -0.4 is 25.6 Å². The Bertz CT molecular complexity index is 1770. The summed E-state index contributed by atoms with van der Waals surface area (Å²) in [6.07, 6.45) is 1.47. The SMILES string of the molecule is CC(C)CCn1c(=O)c(C2=NS(O)(O)c3cc(NS(=O)(=O)NCCNC(=O)OC(C)(C)C)ccc3N2)c(O)c2cccnc21. The van der Waals surface area contributed by atoms with Gasteiger partial charge in [0.1, 0.15) is 27.5 Å². The maximum absolute atomic E-state index is 13.6. The zero-order chi connectivity index (χ0) is 32.4. The van der Waals surface area contributed by atoms with E-state index in [-0.39, 0.29) is 57.7 Å². The number of alkyl carbamates (subject to hydrolysis) is 1. The first-order chi connectivity index (χ1) is 20.5. The number of pyridine rings is 2. The van der Waals surface area contributed by atoms with E-state index in [1.54, 1.807) is 32.9 Å². The first kappa shape index (κ1) is 33.0. The second kappa shape index (κ2) is 12.6. The first-order valence-corrected chi connectivity index (χ1v) is 16.7. The Balaban J connectivity index is 1.56. The van der Waals surface area contributed by atoms with Crippen LogP contribution in [0.3, 0.4) is 0 Å². The number of hydrogen-bond acceptors (Lipinski definition) is 11. The predicted octanol–water partition coefficient (Wildman–Crippen LogP) is 3.82. The molecule has 0 saturated carbocycles. The van der Waals surface area contributed by atoms with Crippen LogP contribution in [0, 0.1) is 5.92 Å². The van der Waals surface area contributed by atoms with E-state index < -0.39 is 44.0 Å². The molecule has 1 aliphatic heterocycles. The molecule has 240 valence electrons. The molecular weight excluding hydrogens is 614 g/mol. The third-order valence-corrected chi connectivity index (χ3v) is 8.70. The molecule has 0 unspecified atom stereocenters. The first-order valence-electron chi connectivity index (χ1n) is 13.7. The number of aryl methyl sites for hydroxylation is 1. The molecule has 44 heavy (non-hydrogen) atoms. The molecule has 7 N–H and O–H groups in total. The highest BCUT2D eigenvalue weighted by atomic mass is 32.3. The van der Waals surface area contributed by atoms with Crippen molar-refractivity contribution in [3.8, 4) is 5.75 Å². The number of benzene rings is 1. The van der Waals surface area contributed by atoms with Crippen molar-refractivity contribution in [2.45, 2.75) is 58.1 Å². The number of fused-ring (bicyclic) bond motifs is 2. The van der Waals surface area contributed by atoms with Crippen LogP contribution in [-0.4, -0.2) is 62.8 Å². The minimum Gasteiger partial charge on any atom is -0.506 e. The number of rotatable bonds is 10. The molecule has 15 nitrogen and oxygen atoms in total. The summed E-state index contributed by atoms with van der Waals surface area (Å²) in [4.78, 5) is 29.5. The third-order valence-electron chi connectivity index (χ3n) is 6.25. The van der Waals surface area contributed by atoms with Crippen LogP contribution in [0.2, 0.25) is 0 Å². The summed E-state index contributed by atoms with van der Waals surface area (Å²) in [6, 6.07) is 7.16. The monoisotopic (exact) mass is 651 g/mol. The van der Waals surface area contributed by atoms with Gasteiger partial charge in [0.15, 0.2) is 5.84 Å². The summed E-state index contributed by atoms with van der Waals surface area (Å²) in [5.41, 5.74) is -1.15. The van der Waals surface area contributed by atoms with Crippen molar-refractivity contribution in [3.63, 3.8) is 0 Å². The Morgan fingerprint density at radius 2 is 1.91 bits per heavy atom. The highest BCUT2D eigenvalue weighted by Crippen LogP contribution is 2.56. The topological polar surface area (TPSA) is 216 Å². The quantitative estimate of drug-likeness (QED) is 0.157. The van der Waals surface area contributed by atoms with Crippen LogP contribution in [0.1, 0.15) is 46.6 Å². The molecule has 3 aromatic rings. The number of hydrogen-bond donors (Lipinski definition) is 7. The highest BCUT2D eigenvalue weighted by Gasteiger charge is 2.31. The smallest absolute Gasteiger partial charge is 0.407 e. The van der Waals surface area contributed by atoms with Crippen molar-refractivity contribution in [1.82, 2.24) is 19.6 Å². The van der Waals surface area contributed by atoms with Gasteiger partial charge in [-0.05, 0) is 63.4 Å². The zero-order valence-electron chi connectivity index (χ0n) is 24.9. The van der Waals surface area contributed by atoms with Crippen LogP contribution in [-0.2, 0) is 21.5 Å². The van der Waals surface area contributed by atoms with Crippen molar-refractivity contribution in [2.24, 2.45) is 10.3 Å². The van der Waals surface area contributed by atoms with E-state index in [1.807, 2.05) is 13.8 Å². The Labute approximate surface area is 256 Å². The van der Waals surface area contributed by atoms with Crippen LogP contribution in [0.5, 0.6) is 5.75 Å². The lowest BCUT2D eigenvalue weighted by molar-refractivity contribution is 0.0529. The van der Waals surface area contributed by atoms with Crippen LogP contribution in [0.25, 0.3) is 11.0 Å². The molecule has 0 saturated heterocycles. The van der Waals surface area contributed by atoms with E-state index in [4.69, 9.17) is 4.74 Å². The van der Waals surface area contributed by atoms with Gasteiger partial charge in [0.25, 0.3) is 15.8 Å². The van der Waals surface area contributed by atoms with Gasteiger partial charge in [-0.25, -0.2) is 9.78 Å². The van der Waals surface area contributed by atoms with Gasteiger partial charge in [0.2, 0.25) is 0 Å². The van der Waals surface area contributed by atoms with Crippen molar-refractivity contribution in [1.29, 1.82) is 0 Å². The number of amides is 1. The van der Waals surface area contributed by atoms with Gasteiger partial charge in [-0.15, -0.1) is 4.40 Å². The number of anilines is 2. The van der Waals surface area contributed by atoms with Crippen molar-refractivity contribution < 1.29 is 32.2 Å². The average molecular weight is 652 g/mol. The van der Waals surface area contributed by atoms with E-state index in [9.17, 15) is 32.2 Å². The molecule has 17 heteroatoms. The van der Waals surface area contributed by atoms with Crippen LogP contribution >= 0.6 is 10.8 Å². The summed E-state index contributed by atoms with van der Waals surface area (Å²) < 4.78 is 62.1. The molecular formula is C27H37N7O8S2. The summed E-state index contributed by atoms with van der Waals surface area (Å²) in [7, 11) is -8.07. The Morgan fingerprint density at radius 3 is 2.59 bits per heavy atom. The number of nitrogens with one attached hydrogen (secondary N) is 4. The second-order valence-electron chi connectivity index (χ2n) is 11.5. The fraction of sp³-hybridized carbons (Fsp3) is 0.407. The molecule has 0 atom stereocenters. The number of carbonyl (C=O) groups is 1. The molecule has 0 fully saturated rings. The lowest BCUT2D eigenvalue weighted by Crippen LogP contribution is -2.39. The molecule has 1 aromatic carbocycles. The lowest BCUT2D eigenvalue weighted by atomic mass is 10.1. The number of carbonyl (C=O) groups excluding carboxylic acids is 1. The summed E-state index contributed by atoms with van der Waals surface area (Å²) >= 11 is 0. The van der Waals surface area contributed by atoms with Gasteiger partial charge < -0.3 is 20.5 Å². The Morgan fingerprint density at radius 1 is 1.18 bits per heavy atom. The molecule has 1 aliphatic rings. The van der Waals surface area contributed by atoms with Gasteiger partial charge in [0.05, 0.1) is 16.8 Å². The van der Waals surface area contributed by atoms with Gasteiger partial charge in [0, 0.05) is 25.8 Å².